The molecule has 1 heterocycles. The number of nitrogens with one attached hydrogen (secondary N) is 2. The summed E-state index contributed by atoms with van der Waals surface area (Å²) in [6, 6.07) is 9.86. The number of rotatable bonds is 12. The molecule has 1 saturated carbocycles. The minimum atomic E-state index is -0.928. The van der Waals surface area contributed by atoms with Gasteiger partial charge in [0, 0.05) is 17.9 Å². The summed E-state index contributed by atoms with van der Waals surface area (Å²) in [6.45, 7) is 9.49. The van der Waals surface area contributed by atoms with Gasteiger partial charge in [-0.2, -0.15) is 5.26 Å². The van der Waals surface area contributed by atoms with E-state index in [1.54, 1.807) is 42.5 Å². The van der Waals surface area contributed by atoms with Crippen molar-refractivity contribution >= 4 is 35.2 Å². The Kier molecular flexibility index (Phi) is 8.96. The number of nitrogens with zero attached hydrogens (tertiary/aromatic N) is 2. The lowest BCUT2D eigenvalue weighted by Gasteiger charge is -2.21. The average molecular weight is 511 g/mol. The Labute approximate surface area is 214 Å². The maximum Gasteiger partial charge on any atom is 0.254 e. The summed E-state index contributed by atoms with van der Waals surface area (Å²) in [4.78, 5) is 30.9. The van der Waals surface area contributed by atoms with E-state index in [1.807, 2.05) is 6.92 Å². The molecule has 0 saturated heterocycles. The lowest BCUT2D eigenvalue weighted by atomic mass is 10.0. The first-order valence-electron chi connectivity index (χ1n) is 11.1. The zero-order valence-corrected chi connectivity index (χ0v) is 21.0. The number of halogens is 1. The Morgan fingerprint density at radius 2 is 2.09 bits per heavy atom. The van der Waals surface area contributed by atoms with Crippen LogP contribution < -0.4 is 15.4 Å². The Hall–Kier alpha value is -3.28. The molecule has 3 rings (SSSR count). The second-order valence-electron chi connectivity index (χ2n) is 8.18. The molecule has 1 fully saturated rings. The third-order valence-corrected chi connectivity index (χ3v) is 6.61. The predicted molar refractivity (Wildman–Crippen MR) is 138 cm³/mol. The molecule has 0 bridgehead atoms. The number of pyridine rings is 1. The van der Waals surface area contributed by atoms with Crippen molar-refractivity contribution in [3.8, 4) is 11.8 Å². The van der Waals surface area contributed by atoms with Crippen molar-refractivity contribution < 1.29 is 14.3 Å². The van der Waals surface area contributed by atoms with Gasteiger partial charge in [-0.1, -0.05) is 36.4 Å². The number of carbonyl (C=O) groups is 2. The van der Waals surface area contributed by atoms with Gasteiger partial charge >= 0.3 is 0 Å². The first kappa shape index (κ1) is 26.3. The van der Waals surface area contributed by atoms with Crippen LogP contribution in [0.25, 0.3) is 0 Å². The number of thioether (sulfide) groups is 1. The van der Waals surface area contributed by atoms with Gasteiger partial charge in [0.15, 0.2) is 0 Å². The summed E-state index contributed by atoms with van der Waals surface area (Å²) >= 11 is 7.73. The highest BCUT2D eigenvalue weighted by molar-refractivity contribution is 7.99. The van der Waals surface area contributed by atoms with Crippen molar-refractivity contribution in [1.29, 1.82) is 5.26 Å². The molecule has 1 aliphatic rings. The zero-order chi connectivity index (χ0) is 25.4. The molecule has 7 nitrogen and oxygen atoms in total. The third kappa shape index (κ3) is 7.10. The van der Waals surface area contributed by atoms with E-state index in [2.05, 4.69) is 34.8 Å². The minimum Gasteiger partial charge on any atom is -0.488 e. The second kappa shape index (κ2) is 11.9. The van der Waals surface area contributed by atoms with Gasteiger partial charge in [-0.3, -0.25) is 9.59 Å². The monoisotopic (exact) mass is 510 g/mol. The van der Waals surface area contributed by atoms with Crippen LogP contribution in [0.1, 0.15) is 34.5 Å². The summed E-state index contributed by atoms with van der Waals surface area (Å²) in [6.07, 6.45) is 4.69. The van der Waals surface area contributed by atoms with Crippen LogP contribution >= 0.6 is 23.4 Å². The SMILES string of the molecule is C=CCOc1ccc(CC(NC(=O)c2ccc(C)nc2SCC=C)C(=O)NC2(C#N)CC2)cc1Cl. The lowest BCUT2D eigenvalue weighted by Crippen LogP contribution is -2.51. The maximum absolute atomic E-state index is 13.2. The van der Waals surface area contributed by atoms with E-state index in [-0.39, 0.29) is 6.42 Å². The number of amides is 2. The molecule has 1 aromatic heterocycles. The number of carbonyl (C=O) groups excluding carboxylic acids is 2. The second-order valence-corrected chi connectivity index (χ2v) is 9.60. The Morgan fingerprint density at radius 3 is 2.71 bits per heavy atom. The van der Waals surface area contributed by atoms with Gasteiger partial charge in [-0.05, 0) is 49.6 Å². The zero-order valence-electron chi connectivity index (χ0n) is 19.5. The first-order chi connectivity index (χ1) is 16.8. The van der Waals surface area contributed by atoms with E-state index in [0.29, 0.717) is 46.6 Å². The largest absolute Gasteiger partial charge is 0.488 e. The van der Waals surface area contributed by atoms with Crippen molar-refractivity contribution in [2.75, 3.05) is 12.4 Å². The Bertz CT molecular complexity index is 1170. The van der Waals surface area contributed by atoms with Gasteiger partial charge in [0.1, 0.15) is 29.0 Å². The van der Waals surface area contributed by atoms with Crippen molar-refractivity contribution in [3.63, 3.8) is 0 Å². The molecule has 0 radical (unpaired) electrons. The molecule has 2 N–H and O–H groups in total. The fourth-order valence-corrected chi connectivity index (χ4v) is 4.34. The standard InChI is InChI=1S/C26H27ClN4O3S/c1-4-12-34-22-9-7-18(14-20(22)27)15-21(24(33)31-26(16-28)10-11-26)30-23(32)19-8-6-17(3)29-25(19)35-13-5-2/h4-9,14,21H,1-2,10-13,15H2,3H3,(H,30,32)(H,31,33). The number of ether oxygens (including phenoxy) is 1. The molecular formula is C26H27ClN4O3S. The average Bonchev–Trinajstić information content (AvgIpc) is 3.61. The van der Waals surface area contributed by atoms with Gasteiger partial charge in [-0.25, -0.2) is 4.98 Å². The molecule has 2 amide bonds. The lowest BCUT2D eigenvalue weighted by molar-refractivity contribution is -0.123. The molecular weight excluding hydrogens is 484 g/mol. The van der Waals surface area contributed by atoms with Crippen LogP contribution in [0.15, 0.2) is 60.7 Å². The van der Waals surface area contributed by atoms with Crippen LogP contribution in [-0.2, 0) is 11.2 Å². The fourth-order valence-electron chi connectivity index (χ4n) is 3.28. The highest BCUT2D eigenvalue weighted by Gasteiger charge is 2.45. The van der Waals surface area contributed by atoms with Crippen LogP contribution in [0, 0.1) is 18.3 Å². The highest BCUT2D eigenvalue weighted by atomic mass is 35.5. The van der Waals surface area contributed by atoms with E-state index in [0.717, 1.165) is 11.3 Å². The minimum absolute atomic E-state index is 0.176. The summed E-state index contributed by atoms with van der Waals surface area (Å²) < 4.78 is 5.51. The predicted octanol–water partition coefficient (Wildman–Crippen LogP) is 4.40. The maximum atomic E-state index is 13.2. The molecule has 182 valence electrons. The van der Waals surface area contributed by atoms with E-state index in [1.165, 1.54) is 11.8 Å². The van der Waals surface area contributed by atoms with E-state index in [9.17, 15) is 14.9 Å². The van der Waals surface area contributed by atoms with E-state index >= 15 is 0 Å². The van der Waals surface area contributed by atoms with Crippen LogP contribution in [0.5, 0.6) is 5.75 Å². The van der Waals surface area contributed by atoms with Crippen LogP contribution in [0.3, 0.4) is 0 Å². The molecule has 2 aromatic rings. The Balaban J connectivity index is 1.84. The van der Waals surface area contributed by atoms with Gasteiger partial charge in [0.25, 0.3) is 5.91 Å². The van der Waals surface area contributed by atoms with E-state index in [4.69, 9.17) is 16.3 Å². The van der Waals surface area contributed by atoms with Gasteiger partial charge in [0.2, 0.25) is 5.91 Å². The van der Waals surface area contributed by atoms with Crippen LogP contribution in [-0.4, -0.2) is 40.7 Å². The number of nitriles is 1. The molecule has 1 aromatic carbocycles. The molecule has 1 unspecified atom stereocenters. The molecule has 35 heavy (non-hydrogen) atoms. The number of benzene rings is 1. The van der Waals surface area contributed by atoms with Gasteiger partial charge in [0.05, 0.1) is 16.7 Å². The van der Waals surface area contributed by atoms with Crippen molar-refractivity contribution in [3.05, 3.63) is 77.5 Å². The Morgan fingerprint density at radius 1 is 1.31 bits per heavy atom. The smallest absolute Gasteiger partial charge is 0.254 e. The quantitative estimate of drug-likeness (QED) is 0.324. The molecule has 0 aliphatic heterocycles. The normalized spacial score (nSPS) is 14.2. The third-order valence-electron chi connectivity index (χ3n) is 5.32. The number of aromatic nitrogens is 1. The van der Waals surface area contributed by atoms with Crippen LogP contribution in [0.2, 0.25) is 5.02 Å². The van der Waals surface area contributed by atoms with Gasteiger partial charge < -0.3 is 15.4 Å². The molecule has 1 aliphatic carbocycles. The van der Waals surface area contributed by atoms with E-state index < -0.39 is 23.4 Å². The summed E-state index contributed by atoms with van der Waals surface area (Å²) in [5.41, 5.74) is 1.01. The van der Waals surface area contributed by atoms with Crippen LogP contribution in [0.4, 0.5) is 0 Å². The number of hydrogen-bond acceptors (Lipinski definition) is 6. The number of aryl methyl sites for hydroxylation is 1. The molecule has 1 atom stereocenters. The highest BCUT2D eigenvalue weighted by Crippen LogP contribution is 2.34. The van der Waals surface area contributed by atoms with Gasteiger partial charge in [-0.15, -0.1) is 18.3 Å². The summed E-state index contributed by atoms with van der Waals surface area (Å²) in [5.74, 6) is 0.227. The molecule has 9 heteroatoms. The first-order valence-corrected chi connectivity index (χ1v) is 12.4. The summed E-state index contributed by atoms with van der Waals surface area (Å²) in [7, 11) is 0. The fraction of sp³-hybridized carbons (Fsp3) is 0.308. The van der Waals surface area contributed by atoms with Crippen molar-refractivity contribution in [2.45, 2.75) is 42.8 Å². The van der Waals surface area contributed by atoms with Crippen molar-refractivity contribution in [1.82, 2.24) is 15.6 Å². The summed E-state index contributed by atoms with van der Waals surface area (Å²) in [5, 5.41) is 16.0. The topological polar surface area (TPSA) is 104 Å². The molecule has 0 spiro atoms. The number of hydrogen-bond donors (Lipinski definition) is 2. The van der Waals surface area contributed by atoms with Crippen molar-refractivity contribution in [2.24, 2.45) is 0 Å².